The Morgan fingerprint density at radius 1 is 1.11 bits per heavy atom. The highest BCUT2D eigenvalue weighted by molar-refractivity contribution is 9.10. The van der Waals surface area contributed by atoms with Crippen LogP contribution in [0.3, 0.4) is 0 Å². The smallest absolute Gasteiger partial charge is 0.196 e. The predicted octanol–water partition coefficient (Wildman–Crippen LogP) is 5.24. The van der Waals surface area contributed by atoms with Crippen molar-refractivity contribution in [3.63, 3.8) is 0 Å². The number of carbonyl (C=O) groups excluding carboxylic acids is 1. The SMILES string of the molecule is O=C(c1ccc(Br)c(Cl)c1)c1cc(Br)ccc1F. The Kier molecular flexibility index (Phi) is 4.20. The first-order valence-corrected chi connectivity index (χ1v) is 6.90. The van der Waals surface area contributed by atoms with Crippen LogP contribution >= 0.6 is 43.5 Å². The second kappa shape index (κ2) is 5.51. The first-order valence-electron chi connectivity index (χ1n) is 4.94. The van der Waals surface area contributed by atoms with E-state index >= 15 is 0 Å². The number of hydrogen-bond acceptors (Lipinski definition) is 1. The molecule has 1 nitrogen and oxygen atoms in total. The molecule has 0 saturated carbocycles. The molecule has 0 bridgehead atoms. The van der Waals surface area contributed by atoms with Crippen molar-refractivity contribution in [3.05, 3.63) is 67.3 Å². The Morgan fingerprint density at radius 2 is 1.83 bits per heavy atom. The standard InChI is InChI=1S/C13H6Br2ClFO/c14-8-2-4-12(17)9(6-8)13(18)7-1-3-10(15)11(16)5-7/h1-6H. The molecule has 0 aliphatic carbocycles. The third-order valence-corrected chi connectivity index (χ3v) is 4.08. The summed E-state index contributed by atoms with van der Waals surface area (Å²) in [5, 5.41) is 0.413. The minimum atomic E-state index is -0.553. The summed E-state index contributed by atoms with van der Waals surface area (Å²) in [5.41, 5.74) is 0.364. The summed E-state index contributed by atoms with van der Waals surface area (Å²) in [5.74, 6) is -0.953. The van der Waals surface area contributed by atoms with E-state index in [1.165, 1.54) is 18.2 Å². The van der Waals surface area contributed by atoms with Crippen LogP contribution in [0.1, 0.15) is 15.9 Å². The Bertz CT molecular complexity index is 628. The lowest BCUT2D eigenvalue weighted by Crippen LogP contribution is -2.04. The highest BCUT2D eigenvalue weighted by atomic mass is 79.9. The Morgan fingerprint density at radius 3 is 2.50 bits per heavy atom. The first-order chi connectivity index (χ1) is 8.49. The van der Waals surface area contributed by atoms with E-state index in [4.69, 9.17) is 11.6 Å². The Labute approximate surface area is 125 Å². The van der Waals surface area contributed by atoms with E-state index in [9.17, 15) is 9.18 Å². The molecule has 92 valence electrons. The Balaban J connectivity index is 2.47. The number of benzene rings is 2. The molecule has 2 aromatic carbocycles. The van der Waals surface area contributed by atoms with Crippen LogP contribution in [0.15, 0.2) is 45.3 Å². The zero-order valence-corrected chi connectivity index (χ0v) is 12.8. The maximum Gasteiger partial charge on any atom is 0.196 e. The molecule has 5 heteroatoms. The van der Waals surface area contributed by atoms with Gasteiger partial charge in [-0.25, -0.2) is 4.39 Å². The molecule has 0 aromatic heterocycles. The fraction of sp³-hybridized carbons (Fsp3) is 0. The van der Waals surface area contributed by atoms with E-state index in [0.717, 1.165) is 0 Å². The number of rotatable bonds is 2. The topological polar surface area (TPSA) is 17.1 Å². The molecule has 2 rings (SSSR count). The van der Waals surface area contributed by atoms with Crippen molar-refractivity contribution in [2.75, 3.05) is 0 Å². The van der Waals surface area contributed by atoms with Gasteiger partial charge in [-0.3, -0.25) is 4.79 Å². The summed E-state index contributed by atoms with van der Waals surface area (Å²) in [4.78, 5) is 12.1. The van der Waals surface area contributed by atoms with Gasteiger partial charge in [0.2, 0.25) is 0 Å². The molecule has 0 atom stereocenters. The summed E-state index contributed by atoms with van der Waals surface area (Å²) in [6, 6.07) is 9.00. The van der Waals surface area contributed by atoms with Crippen LogP contribution in [0.25, 0.3) is 0 Å². The van der Waals surface area contributed by atoms with Gasteiger partial charge >= 0.3 is 0 Å². The first kappa shape index (κ1) is 13.7. The molecule has 0 heterocycles. The number of halogens is 4. The molecule has 0 aliphatic rings. The molecule has 0 radical (unpaired) electrons. The van der Waals surface area contributed by atoms with Gasteiger partial charge in [0.15, 0.2) is 5.78 Å². The van der Waals surface area contributed by atoms with Crippen molar-refractivity contribution in [2.24, 2.45) is 0 Å². The van der Waals surface area contributed by atoms with Gasteiger partial charge < -0.3 is 0 Å². The van der Waals surface area contributed by atoms with E-state index in [2.05, 4.69) is 31.9 Å². The van der Waals surface area contributed by atoms with Crippen LogP contribution < -0.4 is 0 Å². The average Bonchev–Trinajstić information content (AvgIpc) is 2.35. The van der Waals surface area contributed by atoms with Crippen LogP contribution in [0, 0.1) is 5.82 Å². The van der Waals surface area contributed by atoms with Crippen LogP contribution in [-0.2, 0) is 0 Å². The van der Waals surface area contributed by atoms with Gasteiger partial charge in [0.25, 0.3) is 0 Å². The minimum absolute atomic E-state index is 0.0164. The van der Waals surface area contributed by atoms with Crippen molar-refractivity contribution in [3.8, 4) is 0 Å². The molecule has 0 N–H and O–H groups in total. The molecule has 2 aromatic rings. The van der Waals surface area contributed by atoms with E-state index in [-0.39, 0.29) is 5.56 Å². The van der Waals surface area contributed by atoms with Gasteiger partial charge in [-0.2, -0.15) is 0 Å². The van der Waals surface area contributed by atoms with Gasteiger partial charge in [0.1, 0.15) is 5.82 Å². The molecular weight excluding hydrogens is 386 g/mol. The molecule has 0 aliphatic heterocycles. The van der Waals surface area contributed by atoms with Crippen LogP contribution in [-0.4, -0.2) is 5.78 Å². The Hall–Kier alpha value is -0.710. The van der Waals surface area contributed by atoms with Crippen molar-refractivity contribution in [1.82, 2.24) is 0 Å². The lowest BCUT2D eigenvalue weighted by atomic mass is 10.0. The number of carbonyl (C=O) groups is 1. The van der Waals surface area contributed by atoms with Crippen molar-refractivity contribution < 1.29 is 9.18 Å². The molecule has 0 spiro atoms. The molecule has 0 unspecified atom stereocenters. The van der Waals surface area contributed by atoms with Gasteiger partial charge in [-0.05, 0) is 52.3 Å². The zero-order valence-electron chi connectivity index (χ0n) is 8.88. The number of ketones is 1. The zero-order chi connectivity index (χ0) is 13.3. The third kappa shape index (κ3) is 2.82. The second-order valence-electron chi connectivity index (χ2n) is 3.58. The number of hydrogen-bond donors (Lipinski definition) is 0. The molecule has 0 amide bonds. The average molecular weight is 392 g/mol. The van der Waals surface area contributed by atoms with Gasteiger partial charge in [0.05, 0.1) is 10.6 Å². The van der Waals surface area contributed by atoms with Crippen molar-refractivity contribution in [2.45, 2.75) is 0 Å². The minimum Gasteiger partial charge on any atom is -0.288 e. The molecule has 18 heavy (non-hydrogen) atoms. The highest BCUT2D eigenvalue weighted by Gasteiger charge is 2.15. The van der Waals surface area contributed by atoms with Crippen LogP contribution in [0.4, 0.5) is 4.39 Å². The summed E-state index contributed by atoms with van der Waals surface area (Å²) in [7, 11) is 0. The largest absolute Gasteiger partial charge is 0.288 e. The molecule has 0 saturated heterocycles. The fourth-order valence-corrected chi connectivity index (χ4v) is 2.25. The van der Waals surface area contributed by atoms with Crippen LogP contribution in [0.5, 0.6) is 0 Å². The van der Waals surface area contributed by atoms with E-state index in [1.807, 2.05) is 0 Å². The van der Waals surface area contributed by atoms with Gasteiger partial charge in [-0.15, -0.1) is 0 Å². The quantitative estimate of drug-likeness (QED) is 0.639. The second-order valence-corrected chi connectivity index (χ2v) is 5.76. The lowest BCUT2D eigenvalue weighted by molar-refractivity contribution is 0.103. The van der Waals surface area contributed by atoms with Crippen molar-refractivity contribution >= 4 is 49.2 Å². The van der Waals surface area contributed by atoms with E-state index in [0.29, 0.717) is 19.5 Å². The van der Waals surface area contributed by atoms with Gasteiger partial charge in [0, 0.05) is 14.5 Å². The normalized spacial score (nSPS) is 10.4. The van der Waals surface area contributed by atoms with Gasteiger partial charge in [-0.1, -0.05) is 27.5 Å². The molecular formula is C13H6Br2ClFO. The maximum atomic E-state index is 13.6. The predicted molar refractivity (Wildman–Crippen MR) is 76.7 cm³/mol. The summed E-state index contributed by atoms with van der Waals surface area (Å²) < 4.78 is 14.9. The third-order valence-electron chi connectivity index (χ3n) is 2.35. The van der Waals surface area contributed by atoms with E-state index < -0.39 is 11.6 Å². The lowest BCUT2D eigenvalue weighted by Gasteiger charge is -2.05. The van der Waals surface area contributed by atoms with Crippen LogP contribution in [0.2, 0.25) is 5.02 Å². The summed E-state index contributed by atoms with van der Waals surface area (Å²) >= 11 is 12.4. The summed E-state index contributed by atoms with van der Waals surface area (Å²) in [6.45, 7) is 0. The van der Waals surface area contributed by atoms with E-state index in [1.54, 1.807) is 18.2 Å². The highest BCUT2D eigenvalue weighted by Crippen LogP contribution is 2.25. The fourth-order valence-electron chi connectivity index (χ4n) is 1.46. The summed E-state index contributed by atoms with van der Waals surface area (Å²) in [6.07, 6.45) is 0. The van der Waals surface area contributed by atoms with Crippen molar-refractivity contribution in [1.29, 1.82) is 0 Å². The molecule has 0 fully saturated rings. The monoisotopic (exact) mass is 390 g/mol. The maximum absolute atomic E-state index is 13.6.